The maximum Gasteiger partial charge on any atom is 0.215 e. The molecule has 1 unspecified atom stereocenters. The van der Waals surface area contributed by atoms with Crippen molar-refractivity contribution in [3.05, 3.63) is 47.5 Å². The smallest absolute Gasteiger partial charge is 0.215 e. The van der Waals surface area contributed by atoms with Gasteiger partial charge in [-0.1, -0.05) is 23.7 Å². The highest BCUT2D eigenvalue weighted by molar-refractivity contribution is 6.30. The fourth-order valence-electron chi connectivity index (χ4n) is 2.20. The molecule has 3 rings (SSSR count). The Morgan fingerprint density at radius 3 is 2.79 bits per heavy atom. The number of benzene rings is 1. The van der Waals surface area contributed by atoms with Crippen molar-refractivity contribution in [2.45, 2.75) is 25.4 Å². The Bertz CT molecular complexity index is 544. The summed E-state index contributed by atoms with van der Waals surface area (Å²) in [5.74, 6) is -0.822. The third-order valence-electron chi connectivity index (χ3n) is 3.06. The van der Waals surface area contributed by atoms with E-state index in [1.165, 1.54) is 6.33 Å². The van der Waals surface area contributed by atoms with E-state index in [1.54, 1.807) is 11.0 Å². The van der Waals surface area contributed by atoms with E-state index in [9.17, 15) is 0 Å². The van der Waals surface area contributed by atoms with Gasteiger partial charge in [0.05, 0.1) is 12.7 Å². The lowest BCUT2D eigenvalue weighted by Crippen LogP contribution is -2.33. The number of hydrogen-bond acceptors (Lipinski definition) is 4. The van der Waals surface area contributed by atoms with Gasteiger partial charge < -0.3 is 9.47 Å². The van der Waals surface area contributed by atoms with Gasteiger partial charge >= 0.3 is 0 Å². The lowest BCUT2D eigenvalue weighted by molar-refractivity contribution is -0.186. The molecule has 0 bridgehead atoms. The SMILES string of the molecule is C[C@H]1COC(Cn2cncn2)(c2ccc(Cl)cc2)O1. The molecule has 100 valence electrons. The van der Waals surface area contributed by atoms with Gasteiger partial charge in [-0.25, -0.2) is 9.67 Å². The molecular formula is C13H14ClN3O2. The van der Waals surface area contributed by atoms with Crippen LogP contribution in [-0.2, 0) is 21.8 Å². The molecular weight excluding hydrogens is 266 g/mol. The highest BCUT2D eigenvalue weighted by Gasteiger charge is 2.42. The topological polar surface area (TPSA) is 49.2 Å². The second kappa shape index (κ2) is 4.92. The maximum absolute atomic E-state index is 5.99. The molecule has 2 aromatic rings. The summed E-state index contributed by atoms with van der Waals surface area (Å²) in [5.41, 5.74) is 0.928. The first-order valence-corrected chi connectivity index (χ1v) is 6.46. The predicted octanol–water partition coefficient (Wildman–Crippen LogP) is 2.22. The first kappa shape index (κ1) is 12.6. The molecule has 0 amide bonds. The molecule has 19 heavy (non-hydrogen) atoms. The van der Waals surface area contributed by atoms with E-state index >= 15 is 0 Å². The molecule has 2 atom stereocenters. The third-order valence-corrected chi connectivity index (χ3v) is 3.32. The van der Waals surface area contributed by atoms with Crippen LogP contribution in [-0.4, -0.2) is 27.5 Å². The molecule has 1 saturated heterocycles. The molecule has 0 radical (unpaired) electrons. The van der Waals surface area contributed by atoms with Crippen molar-refractivity contribution in [3.8, 4) is 0 Å². The van der Waals surface area contributed by atoms with E-state index < -0.39 is 5.79 Å². The predicted molar refractivity (Wildman–Crippen MR) is 69.7 cm³/mol. The van der Waals surface area contributed by atoms with Gasteiger partial charge in [-0.15, -0.1) is 0 Å². The molecule has 0 spiro atoms. The van der Waals surface area contributed by atoms with Crippen LogP contribution in [0.25, 0.3) is 0 Å². The average Bonchev–Trinajstić information content (AvgIpc) is 3.01. The minimum Gasteiger partial charge on any atom is -0.342 e. The highest BCUT2D eigenvalue weighted by atomic mass is 35.5. The average molecular weight is 280 g/mol. The van der Waals surface area contributed by atoms with Crippen LogP contribution in [0, 0.1) is 0 Å². The minimum atomic E-state index is -0.822. The molecule has 1 aliphatic heterocycles. The van der Waals surface area contributed by atoms with Crippen molar-refractivity contribution in [3.63, 3.8) is 0 Å². The molecule has 0 N–H and O–H groups in total. The Hall–Kier alpha value is -1.43. The van der Waals surface area contributed by atoms with Gasteiger partial charge in [0.15, 0.2) is 0 Å². The number of nitrogens with zero attached hydrogens (tertiary/aromatic N) is 3. The largest absolute Gasteiger partial charge is 0.342 e. The number of hydrogen-bond donors (Lipinski definition) is 0. The first-order chi connectivity index (χ1) is 9.18. The Morgan fingerprint density at radius 1 is 1.42 bits per heavy atom. The van der Waals surface area contributed by atoms with Crippen LogP contribution in [0.5, 0.6) is 0 Å². The van der Waals surface area contributed by atoms with Crippen LogP contribution in [0.4, 0.5) is 0 Å². The summed E-state index contributed by atoms with van der Waals surface area (Å²) in [5, 5.41) is 4.80. The Kier molecular flexibility index (Phi) is 3.26. The zero-order chi connectivity index (χ0) is 13.3. The number of aromatic nitrogens is 3. The summed E-state index contributed by atoms with van der Waals surface area (Å²) < 4.78 is 13.6. The third kappa shape index (κ3) is 2.49. The Balaban J connectivity index is 1.95. The molecule has 5 nitrogen and oxygen atoms in total. The zero-order valence-corrected chi connectivity index (χ0v) is 11.2. The number of halogens is 1. The lowest BCUT2D eigenvalue weighted by Gasteiger charge is -2.28. The van der Waals surface area contributed by atoms with E-state index in [4.69, 9.17) is 21.1 Å². The van der Waals surface area contributed by atoms with E-state index in [0.29, 0.717) is 18.2 Å². The van der Waals surface area contributed by atoms with E-state index in [1.807, 2.05) is 31.2 Å². The fraction of sp³-hybridized carbons (Fsp3) is 0.385. The second-order valence-electron chi connectivity index (χ2n) is 4.59. The summed E-state index contributed by atoms with van der Waals surface area (Å²) in [6.07, 6.45) is 3.18. The second-order valence-corrected chi connectivity index (χ2v) is 5.03. The molecule has 0 aliphatic carbocycles. The molecule has 2 heterocycles. The van der Waals surface area contributed by atoms with Crippen molar-refractivity contribution in [1.29, 1.82) is 0 Å². The van der Waals surface area contributed by atoms with Gasteiger partial charge in [-0.2, -0.15) is 5.10 Å². The van der Waals surface area contributed by atoms with Crippen LogP contribution in [0.2, 0.25) is 5.02 Å². The van der Waals surface area contributed by atoms with Gasteiger partial charge in [0, 0.05) is 10.6 Å². The van der Waals surface area contributed by atoms with Crippen molar-refractivity contribution in [1.82, 2.24) is 14.8 Å². The molecule has 1 aliphatic rings. The summed E-state index contributed by atoms with van der Waals surface area (Å²) in [4.78, 5) is 3.94. The standard InChI is InChI=1S/C13H14ClN3O2/c1-10-6-18-13(19-10,7-17-9-15-8-16-17)11-2-4-12(14)5-3-11/h2-5,8-10H,6-7H2,1H3/t10-,13?/m0/s1. The minimum absolute atomic E-state index is 0.0409. The fourth-order valence-corrected chi connectivity index (χ4v) is 2.33. The summed E-state index contributed by atoms with van der Waals surface area (Å²) in [6.45, 7) is 3.00. The molecule has 1 fully saturated rings. The van der Waals surface area contributed by atoms with E-state index in [2.05, 4.69) is 10.1 Å². The van der Waals surface area contributed by atoms with Gasteiger partial charge in [0.25, 0.3) is 0 Å². The van der Waals surface area contributed by atoms with Crippen LogP contribution >= 0.6 is 11.6 Å². The first-order valence-electron chi connectivity index (χ1n) is 6.08. The van der Waals surface area contributed by atoms with Gasteiger partial charge in [-0.05, 0) is 19.1 Å². The summed E-state index contributed by atoms with van der Waals surface area (Å²) in [6, 6.07) is 7.49. The maximum atomic E-state index is 5.99. The number of ether oxygens (including phenoxy) is 2. The molecule has 0 saturated carbocycles. The Labute approximate surface area is 116 Å². The van der Waals surface area contributed by atoms with Gasteiger partial charge in [0.2, 0.25) is 5.79 Å². The van der Waals surface area contributed by atoms with E-state index in [0.717, 1.165) is 5.56 Å². The van der Waals surface area contributed by atoms with Gasteiger partial charge in [-0.3, -0.25) is 0 Å². The zero-order valence-electron chi connectivity index (χ0n) is 10.5. The Morgan fingerprint density at radius 2 is 2.21 bits per heavy atom. The van der Waals surface area contributed by atoms with Crippen LogP contribution in [0.15, 0.2) is 36.9 Å². The van der Waals surface area contributed by atoms with Crippen molar-refractivity contribution < 1.29 is 9.47 Å². The van der Waals surface area contributed by atoms with Crippen molar-refractivity contribution in [2.24, 2.45) is 0 Å². The highest BCUT2D eigenvalue weighted by Crippen LogP contribution is 2.36. The van der Waals surface area contributed by atoms with Crippen molar-refractivity contribution >= 4 is 11.6 Å². The van der Waals surface area contributed by atoms with Gasteiger partial charge in [0.1, 0.15) is 19.2 Å². The van der Waals surface area contributed by atoms with E-state index in [-0.39, 0.29) is 6.10 Å². The summed E-state index contributed by atoms with van der Waals surface area (Å²) in [7, 11) is 0. The van der Waals surface area contributed by atoms with Crippen LogP contribution in [0.3, 0.4) is 0 Å². The summed E-state index contributed by atoms with van der Waals surface area (Å²) >= 11 is 5.93. The molecule has 1 aromatic carbocycles. The number of rotatable bonds is 3. The van der Waals surface area contributed by atoms with Crippen molar-refractivity contribution in [2.75, 3.05) is 6.61 Å². The molecule has 1 aromatic heterocycles. The van der Waals surface area contributed by atoms with Crippen LogP contribution < -0.4 is 0 Å². The lowest BCUT2D eigenvalue weighted by atomic mass is 10.1. The normalized spacial score (nSPS) is 26.7. The monoisotopic (exact) mass is 279 g/mol. The quantitative estimate of drug-likeness (QED) is 0.864. The van der Waals surface area contributed by atoms with Crippen LogP contribution in [0.1, 0.15) is 12.5 Å². The molecule has 6 heteroatoms.